The highest BCUT2D eigenvalue weighted by molar-refractivity contribution is 7.89. The molecule has 0 spiro atoms. The van der Waals surface area contributed by atoms with Gasteiger partial charge in [-0.25, -0.2) is 13.1 Å². The SMILES string of the molecule is O=C(Nc1cccc(S(=O)(=O)NC2CC2)c1)c1cccc(C(F)(F)F)c1. The Bertz CT molecular complexity index is 938. The summed E-state index contributed by atoms with van der Waals surface area (Å²) in [4.78, 5) is 12.2. The third kappa shape index (κ3) is 4.41. The van der Waals surface area contributed by atoms with Gasteiger partial charge in [0, 0.05) is 17.3 Å². The van der Waals surface area contributed by atoms with Crippen LogP contribution in [0.15, 0.2) is 53.4 Å². The second-order valence-electron chi connectivity index (χ2n) is 5.96. The molecule has 2 aromatic rings. The molecule has 0 aliphatic heterocycles. The number of anilines is 1. The molecule has 1 fully saturated rings. The van der Waals surface area contributed by atoms with Crippen LogP contribution in [-0.2, 0) is 16.2 Å². The first-order chi connectivity index (χ1) is 12.1. The van der Waals surface area contributed by atoms with Crippen molar-refractivity contribution >= 4 is 21.6 Å². The van der Waals surface area contributed by atoms with Gasteiger partial charge in [-0.15, -0.1) is 0 Å². The van der Waals surface area contributed by atoms with Crippen LogP contribution in [0.2, 0.25) is 0 Å². The van der Waals surface area contributed by atoms with E-state index < -0.39 is 27.7 Å². The molecule has 0 heterocycles. The molecule has 1 aliphatic rings. The lowest BCUT2D eigenvalue weighted by molar-refractivity contribution is -0.137. The molecule has 0 radical (unpaired) electrons. The Labute approximate surface area is 148 Å². The molecular weight excluding hydrogens is 369 g/mol. The number of carbonyl (C=O) groups excluding carboxylic acids is 1. The van der Waals surface area contributed by atoms with E-state index in [0.717, 1.165) is 31.0 Å². The summed E-state index contributed by atoms with van der Waals surface area (Å²) in [7, 11) is -3.70. The van der Waals surface area contributed by atoms with Gasteiger partial charge in [0.25, 0.3) is 5.91 Å². The van der Waals surface area contributed by atoms with E-state index in [2.05, 4.69) is 10.0 Å². The van der Waals surface area contributed by atoms with Crippen molar-refractivity contribution in [2.75, 3.05) is 5.32 Å². The maximum atomic E-state index is 12.7. The molecule has 1 saturated carbocycles. The van der Waals surface area contributed by atoms with Crippen LogP contribution in [-0.4, -0.2) is 20.4 Å². The van der Waals surface area contributed by atoms with Crippen molar-refractivity contribution < 1.29 is 26.4 Å². The van der Waals surface area contributed by atoms with E-state index in [-0.39, 0.29) is 22.2 Å². The summed E-state index contributed by atoms with van der Waals surface area (Å²) in [6.45, 7) is 0. The topological polar surface area (TPSA) is 75.3 Å². The lowest BCUT2D eigenvalue weighted by Gasteiger charge is -2.11. The van der Waals surface area contributed by atoms with Crippen molar-refractivity contribution in [1.82, 2.24) is 4.72 Å². The Kier molecular flexibility index (Phi) is 4.76. The fourth-order valence-corrected chi connectivity index (χ4v) is 3.62. The second-order valence-corrected chi connectivity index (χ2v) is 7.67. The van der Waals surface area contributed by atoms with Crippen LogP contribution >= 0.6 is 0 Å². The average Bonchev–Trinajstić information content (AvgIpc) is 3.38. The lowest BCUT2D eigenvalue weighted by atomic mass is 10.1. The van der Waals surface area contributed by atoms with Gasteiger partial charge in [-0.05, 0) is 49.2 Å². The van der Waals surface area contributed by atoms with Gasteiger partial charge < -0.3 is 5.32 Å². The quantitative estimate of drug-likeness (QED) is 0.830. The Morgan fingerprint density at radius 3 is 2.38 bits per heavy atom. The van der Waals surface area contributed by atoms with Crippen LogP contribution < -0.4 is 10.0 Å². The highest BCUT2D eigenvalue weighted by atomic mass is 32.2. The molecule has 0 unspecified atom stereocenters. The van der Waals surface area contributed by atoms with Crippen molar-refractivity contribution in [3.63, 3.8) is 0 Å². The van der Waals surface area contributed by atoms with Gasteiger partial charge in [0.05, 0.1) is 10.5 Å². The number of rotatable bonds is 5. The lowest BCUT2D eigenvalue weighted by Crippen LogP contribution is -2.25. The molecule has 2 N–H and O–H groups in total. The monoisotopic (exact) mass is 384 g/mol. The normalized spacial score (nSPS) is 14.9. The van der Waals surface area contributed by atoms with E-state index in [4.69, 9.17) is 0 Å². The van der Waals surface area contributed by atoms with Crippen molar-refractivity contribution in [3.8, 4) is 0 Å². The fraction of sp³-hybridized carbons (Fsp3) is 0.235. The zero-order valence-electron chi connectivity index (χ0n) is 13.4. The minimum Gasteiger partial charge on any atom is -0.322 e. The van der Waals surface area contributed by atoms with Crippen molar-refractivity contribution in [2.24, 2.45) is 0 Å². The number of halogens is 3. The molecule has 26 heavy (non-hydrogen) atoms. The van der Waals surface area contributed by atoms with Crippen LogP contribution in [0.25, 0.3) is 0 Å². The molecule has 0 aromatic heterocycles. The average molecular weight is 384 g/mol. The van der Waals surface area contributed by atoms with E-state index in [1.807, 2.05) is 0 Å². The first-order valence-electron chi connectivity index (χ1n) is 7.76. The van der Waals surface area contributed by atoms with Gasteiger partial charge in [0.2, 0.25) is 10.0 Å². The smallest absolute Gasteiger partial charge is 0.322 e. The number of alkyl halides is 3. The number of benzene rings is 2. The van der Waals surface area contributed by atoms with Gasteiger partial charge >= 0.3 is 6.18 Å². The van der Waals surface area contributed by atoms with Crippen LogP contribution in [0, 0.1) is 0 Å². The molecule has 0 bridgehead atoms. The van der Waals surface area contributed by atoms with Crippen LogP contribution in [0.5, 0.6) is 0 Å². The molecule has 0 atom stereocenters. The third-order valence-electron chi connectivity index (χ3n) is 3.75. The van der Waals surface area contributed by atoms with Crippen molar-refractivity contribution in [2.45, 2.75) is 30.0 Å². The summed E-state index contributed by atoms with van der Waals surface area (Å²) < 4.78 is 65.1. The summed E-state index contributed by atoms with van der Waals surface area (Å²) in [5.74, 6) is -0.763. The predicted octanol–water partition coefficient (Wildman–Crippen LogP) is 3.40. The molecule has 138 valence electrons. The minimum atomic E-state index is -4.56. The van der Waals surface area contributed by atoms with Crippen molar-refractivity contribution in [3.05, 3.63) is 59.7 Å². The molecular formula is C17H15F3N2O3S. The molecule has 3 rings (SSSR count). The fourth-order valence-electron chi connectivity index (χ4n) is 2.27. The molecule has 1 aliphatic carbocycles. The molecule has 2 aromatic carbocycles. The number of hydrogen-bond donors (Lipinski definition) is 2. The van der Waals surface area contributed by atoms with E-state index in [1.165, 1.54) is 30.3 Å². The molecule has 0 saturated heterocycles. The first-order valence-corrected chi connectivity index (χ1v) is 9.24. The number of nitrogens with one attached hydrogen (secondary N) is 2. The standard InChI is InChI=1S/C17H15F3N2O3S/c18-17(19,20)12-4-1-3-11(9-12)16(23)21-14-5-2-6-15(10-14)26(24,25)22-13-7-8-13/h1-6,9-10,13,22H,7-8H2,(H,21,23). The van der Waals surface area contributed by atoms with E-state index in [0.29, 0.717) is 0 Å². The highest BCUT2D eigenvalue weighted by Gasteiger charge is 2.31. The van der Waals surface area contributed by atoms with Gasteiger partial charge in [0.15, 0.2) is 0 Å². The van der Waals surface area contributed by atoms with Gasteiger partial charge in [-0.3, -0.25) is 4.79 Å². The van der Waals surface area contributed by atoms with Crippen LogP contribution in [0.3, 0.4) is 0 Å². The largest absolute Gasteiger partial charge is 0.416 e. The zero-order chi connectivity index (χ0) is 18.9. The summed E-state index contributed by atoms with van der Waals surface area (Å²) in [6, 6.07) is 9.48. The number of sulfonamides is 1. The Morgan fingerprint density at radius 1 is 1.04 bits per heavy atom. The zero-order valence-corrected chi connectivity index (χ0v) is 14.2. The van der Waals surface area contributed by atoms with Gasteiger partial charge in [-0.2, -0.15) is 13.2 Å². The number of amides is 1. The number of carbonyl (C=O) groups is 1. The Balaban J connectivity index is 1.79. The second kappa shape index (κ2) is 6.73. The summed E-state index contributed by atoms with van der Waals surface area (Å²) in [5, 5.41) is 2.42. The summed E-state index contributed by atoms with van der Waals surface area (Å²) in [6.07, 6.45) is -2.99. The van der Waals surface area contributed by atoms with Crippen molar-refractivity contribution in [1.29, 1.82) is 0 Å². The molecule has 5 nitrogen and oxygen atoms in total. The van der Waals surface area contributed by atoms with E-state index in [1.54, 1.807) is 0 Å². The van der Waals surface area contributed by atoms with Gasteiger partial charge in [-0.1, -0.05) is 12.1 Å². The highest BCUT2D eigenvalue weighted by Crippen LogP contribution is 2.30. The molecule has 9 heteroatoms. The predicted molar refractivity (Wildman–Crippen MR) is 89.2 cm³/mol. The Hall–Kier alpha value is -2.39. The third-order valence-corrected chi connectivity index (χ3v) is 5.27. The Morgan fingerprint density at radius 2 is 1.73 bits per heavy atom. The van der Waals surface area contributed by atoms with E-state index >= 15 is 0 Å². The molecule has 1 amide bonds. The van der Waals surface area contributed by atoms with E-state index in [9.17, 15) is 26.4 Å². The maximum Gasteiger partial charge on any atom is 0.416 e. The summed E-state index contributed by atoms with van der Waals surface area (Å²) >= 11 is 0. The van der Waals surface area contributed by atoms with Crippen LogP contribution in [0.4, 0.5) is 18.9 Å². The maximum absolute atomic E-state index is 12.7. The number of hydrogen-bond acceptors (Lipinski definition) is 3. The first kappa shape index (κ1) is 18.4. The summed E-state index contributed by atoms with van der Waals surface area (Å²) in [5.41, 5.74) is -0.939. The minimum absolute atomic E-state index is 0.0220. The van der Waals surface area contributed by atoms with Crippen LogP contribution in [0.1, 0.15) is 28.8 Å². The van der Waals surface area contributed by atoms with Gasteiger partial charge in [0.1, 0.15) is 0 Å².